The highest BCUT2D eigenvalue weighted by Gasteiger charge is 2.18. The molecule has 1 heterocycles. The second kappa shape index (κ2) is 6.37. The summed E-state index contributed by atoms with van der Waals surface area (Å²) in [5.41, 5.74) is 2.63. The zero-order valence-corrected chi connectivity index (χ0v) is 12.9. The SMILES string of the molecule is Cc1cc(F)ccc1C(O)CN(C)C(C)c1cnn(C)c1. The highest BCUT2D eigenvalue weighted by molar-refractivity contribution is 5.28. The van der Waals surface area contributed by atoms with Crippen LogP contribution in [0.5, 0.6) is 0 Å². The molecule has 0 saturated carbocycles. The zero-order valence-electron chi connectivity index (χ0n) is 12.9. The molecular weight excluding hydrogens is 269 g/mol. The van der Waals surface area contributed by atoms with Crippen LogP contribution in [0, 0.1) is 12.7 Å². The van der Waals surface area contributed by atoms with E-state index in [2.05, 4.69) is 16.9 Å². The summed E-state index contributed by atoms with van der Waals surface area (Å²) in [4.78, 5) is 2.06. The van der Waals surface area contributed by atoms with Crippen LogP contribution in [0.25, 0.3) is 0 Å². The summed E-state index contributed by atoms with van der Waals surface area (Å²) in [6.07, 6.45) is 3.16. The predicted octanol–water partition coefficient (Wildman–Crippen LogP) is 2.59. The predicted molar refractivity (Wildman–Crippen MR) is 80.3 cm³/mol. The minimum atomic E-state index is -0.644. The molecule has 1 aromatic carbocycles. The fraction of sp³-hybridized carbons (Fsp3) is 0.438. The molecule has 0 saturated heterocycles. The maximum atomic E-state index is 13.1. The molecule has 2 rings (SSSR count). The maximum absolute atomic E-state index is 13.1. The van der Waals surface area contributed by atoms with Crippen LogP contribution < -0.4 is 0 Å². The topological polar surface area (TPSA) is 41.3 Å². The summed E-state index contributed by atoms with van der Waals surface area (Å²) in [7, 11) is 3.84. The van der Waals surface area contributed by atoms with Crippen LogP contribution in [0.3, 0.4) is 0 Å². The highest BCUT2D eigenvalue weighted by Crippen LogP contribution is 2.23. The number of benzene rings is 1. The van der Waals surface area contributed by atoms with E-state index >= 15 is 0 Å². The van der Waals surface area contributed by atoms with Gasteiger partial charge in [-0.2, -0.15) is 5.10 Å². The van der Waals surface area contributed by atoms with Gasteiger partial charge in [0.05, 0.1) is 12.3 Å². The Bertz CT molecular complexity index is 611. The second-order valence-electron chi connectivity index (χ2n) is 5.58. The van der Waals surface area contributed by atoms with Crippen molar-refractivity contribution in [2.75, 3.05) is 13.6 Å². The van der Waals surface area contributed by atoms with Crippen LogP contribution >= 0.6 is 0 Å². The molecule has 2 unspecified atom stereocenters. The van der Waals surface area contributed by atoms with E-state index in [0.717, 1.165) is 16.7 Å². The monoisotopic (exact) mass is 291 g/mol. The third-order valence-corrected chi connectivity index (χ3v) is 3.92. The van der Waals surface area contributed by atoms with Crippen LogP contribution in [-0.2, 0) is 7.05 Å². The van der Waals surface area contributed by atoms with Gasteiger partial charge < -0.3 is 5.11 Å². The number of hydrogen-bond donors (Lipinski definition) is 1. The lowest BCUT2D eigenvalue weighted by atomic mass is 10.0. The van der Waals surface area contributed by atoms with Gasteiger partial charge in [-0.25, -0.2) is 4.39 Å². The molecule has 114 valence electrons. The van der Waals surface area contributed by atoms with Crippen molar-refractivity contribution >= 4 is 0 Å². The zero-order chi connectivity index (χ0) is 15.6. The Morgan fingerprint density at radius 2 is 2.14 bits per heavy atom. The summed E-state index contributed by atoms with van der Waals surface area (Å²) in [6, 6.07) is 4.63. The Kier molecular flexibility index (Phi) is 4.75. The van der Waals surface area contributed by atoms with E-state index in [0.29, 0.717) is 6.54 Å². The van der Waals surface area contributed by atoms with Gasteiger partial charge in [0, 0.05) is 31.4 Å². The fourth-order valence-electron chi connectivity index (χ4n) is 2.45. The molecular formula is C16H22FN3O. The van der Waals surface area contributed by atoms with E-state index < -0.39 is 6.10 Å². The third kappa shape index (κ3) is 3.68. The fourth-order valence-corrected chi connectivity index (χ4v) is 2.45. The Morgan fingerprint density at radius 3 is 2.71 bits per heavy atom. The molecule has 2 atom stereocenters. The Labute approximate surface area is 124 Å². The summed E-state index contributed by atoms with van der Waals surface area (Å²) in [6.45, 7) is 4.36. The molecule has 0 amide bonds. The van der Waals surface area contributed by atoms with E-state index in [9.17, 15) is 9.50 Å². The normalized spacial score (nSPS) is 14.4. The highest BCUT2D eigenvalue weighted by atomic mass is 19.1. The first-order valence-electron chi connectivity index (χ1n) is 7.01. The van der Waals surface area contributed by atoms with Crippen LogP contribution in [-0.4, -0.2) is 33.4 Å². The van der Waals surface area contributed by atoms with Crippen LogP contribution in [0.4, 0.5) is 4.39 Å². The van der Waals surface area contributed by atoms with Crippen molar-refractivity contribution in [3.05, 3.63) is 53.1 Å². The number of aliphatic hydroxyl groups excluding tert-OH is 1. The van der Waals surface area contributed by atoms with Crippen molar-refractivity contribution in [2.45, 2.75) is 26.0 Å². The summed E-state index contributed by atoms with van der Waals surface area (Å²) >= 11 is 0. The third-order valence-electron chi connectivity index (χ3n) is 3.92. The maximum Gasteiger partial charge on any atom is 0.123 e. The van der Waals surface area contributed by atoms with Crippen molar-refractivity contribution in [3.8, 4) is 0 Å². The van der Waals surface area contributed by atoms with E-state index in [4.69, 9.17) is 0 Å². The quantitative estimate of drug-likeness (QED) is 0.920. The van der Waals surface area contributed by atoms with Crippen LogP contribution in [0.1, 0.15) is 35.8 Å². The van der Waals surface area contributed by atoms with E-state index in [1.165, 1.54) is 12.1 Å². The molecule has 0 fully saturated rings. The van der Waals surface area contributed by atoms with E-state index in [1.54, 1.807) is 10.7 Å². The van der Waals surface area contributed by atoms with E-state index in [1.807, 2.05) is 33.4 Å². The van der Waals surface area contributed by atoms with Crippen molar-refractivity contribution in [3.63, 3.8) is 0 Å². The number of hydrogen-bond acceptors (Lipinski definition) is 3. The first-order valence-corrected chi connectivity index (χ1v) is 7.01. The molecule has 1 N–H and O–H groups in total. The number of aryl methyl sites for hydroxylation is 2. The second-order valence-corrected chi connectivity index (χ2v) is 5.58. The number of halogens is 1. The molecule has 5 heteroatoms. The van der Waals surface area contributed by atoms with Crippen molar-refractivity contribution in [1.82, 2.24) is 14.7 Å². The lowest BCUT2D eigenvalue weighted by molar-refractivity contribution is 0.108. The van der Waals surface area contributed by atoms with Gasteiger partial charge in [-0.1, -0.05) is 6.07 Å². The Hall–Kier alpha value is -1.72. The average molecular weight is 291 g/mol. The van der Waals surface area contributed by atoms with Gasteiger partial charge in [-0.15, -0.1) is 0 Å². The molecule has 0 bridgehead atoms. The van der Waals surface area contributed by atoms with Gasteiger partial charge in [0.25, 0.3) is 0 Å². The molecule has 0 aliphatic rings. The number of nitrogens with zero attached hydrogens (tertiary/aromatic N) is 3. The van der Waals surface area contributed by atoms with Gasteiger partial charge in [0.2, 0.25) is 0 Å². The lowest BCUT2D eigenvalue weighted by Crippen LogP contribution is -2.27. The average Bonchev–Trinajstić information content (AvgIpc) is 2.84. The number of aliphatic hydroxyl groups is 1. The van der Waals surface area contributed by atoms with Gasteiger partial charge >= 0.3 is 0 Å². The first kappa shape index (κ1) is 15.7. The number of likely N-dealkylation sites (N-methyl/N-ethyl adjacent to an activating group) is 1. The Morgan fingerprint density at radius 1 is 1.43 bits per heavy atom. The van der Waals surface area contributed by atoms with E-state index in [-0.39, 0.29) is 11.9 Å². The summed E-state index contributed by atoms with van der Waals surface area (Å²) in [5, 5.41) is 14.5. The minimum absolute atomic E-state index is 0.147. The van der Waals surface area contributed by atoms with Gasteiger partial charge in [0.1, 0.15) is 5.82 Å². The minimum Gasteiger partial charge on any atom is -0.387 e. The van der Waals surface area contributed by atoms with Crippen LogP contribution in [0.2, 0.25) is 0 Å². The lowest BCUT2D eigenvalue weighted by Gasteiger charge is -2.27. The Balaban J connectivity index is 2.06. The number of aromatic nitrogens is 2. The molecule has 0 aliphatic carbocycles. The molecule has 0 spiro atoms. The summed E-state index contributed by atoms with van der Waals surface area (Å²) in [5.74, 6) is -0.277. The standard InChI is InChI=1S/C16H22FN3O/c1-11-7-14(17)5-6-15(11)16(21)10-19(3)12(2)13-8-18-20(4)9-13/h5-9,12,16,21H,10H2,1-4H3. The van der Waals surface area contributed by atoms with Gasteiger partial charge in [-0.05, 0) is 44.2 Å². The van der Waals surface area contributed by atoms with Crippen molar-refractivity contribution < 1.29 is 9.50 Å². The smallest absolute Gasteiger partial charge is 0.123 e. The molecule has 21 heavy (non-hydrogen) atoms. The van der Waals surface area contributed by atoms with Gasteiger partial charge in [-0.3, -0.25) is 9.58 Å². The molecule has 0 aliphatic heterocycles. The first-order chi connectivity index (χ1) is 9.88. The van der Waals surface area contributed by atoms with Crippen LogP contribution in [0.15, 0.2) is 30.6 Å². The van der Waals surface area contributed by atoms with Crippen molar-refractivity contribution in [2.24, 2.45) is 7.05 Å². The van der Waals surface area contributed by atoms with Crippen molar-refractivity contribution in [1.29, 1.82) is 0 Å². The number of rotatable bonds is 5. The molecule has 1 aromatic heterocycles. The molecule has 0 radical (unpaired) electrons. The largest absolute Gasteiger partial charge is 0.387 e. The summed E-state index contributed by atoms with van der Waals surface area (Å²) < 4.78 is 14.9. The molecule has 4 nitrogen and oxygen atoms in total. The van der Waals surface area contributed by atoms with Gasteiger partial charge in [0.15, 0.2) is 0 Å². The molecule has 2 aromatic rings.